The molecule has 0 radical (unpaired) electrons. The molecule has 1 unspecified atom stereocenters. The molecule has 1 aliphatic rings. The quantitative estimate of drug-likeness (QED) is 0.890. The summed E-state index contributed by atoms with van der Waals surface area (Å²) in [5, 5.41) is 0. The number of anilines is 1. The Morgan fingerprint density at radius 2 is 2.26 bits per heavy atom. The zero-order chi connectivity index (χ0) is 13.8. The van der Waals surface area contributed by atoms with E-state index in [-0.39, 0.29) is 0 Å². The fourth-order valence-corrected chi connectivity index (χ4v) is 3.23. The molecular formula is C14H20BrN3O. The van der Waals surface area contributed by atoms with Crippen LogP contribution in [0.3, 0.4) is 0 Å². The Hall–Kier alpha value is -1.07. The largest absolute Gasteiger partial charge is 0.371 e. The third kappa shape index (κ3) is 3.48. The maximum absolute atomic E-state index is 11.2. The lowest BCUT2D eigenvalue weighted by Gasteiger charge is -2.34. The second-order valence-corrected chi connectivity index (χ2v) is 5.91. The van der Waals surface area contributed by atoms with Crippen molar-refractivity contribution in [1.82, 2.24) is 0 Å². The first-order chi connectivity index (χ1) is 9.11. The molecule has 1 aromatic rings. The van der Waals surface area contributed by atoms with Gasteiger partial charge in [0.25, 0.3) is 0 Å². The van der Waals surface area contributed by atoms with Crippen LogP contribution in [0.1, 0.15) is 29.6 Å². The highest BCUT2D eigenvalue weighted by molar-refractivity contribution is 9.10. The van der Waals surface area contributed by atoms with Gasteiger partial charge in [0, 0.05) is 23.2 Å². The molecule has 1 aromatic carbocycles. The number of hydrogen-bond donors (Lipinski definition) is 2. The minimum Gasteiger partial charge on any atom is -0.371 e. The van der Waals surface area contributed by atoms with Gasteiger partial charge in [-0.1, -0.05) is 0 Å². The molecule has 1 amide bonds. The van der Waals surface area contributed by atoms with Crippen LogP contribution in [0, 0.1) is 5.92 Å². The number of nitrogens with zero attached hydrogens (tertiary/aromatic N) is 1. The second-order valence-electron chi connectivity index (χ2n) is 5.06. The van der Waals surface area contributed by atoms with Crippen LogP contribution in [-0.2, 0) is 0 Å². The molecule has 1 saturated heterocycles. The Kier molecular flexibility index (Phi) is 4.82. The first-order valence-corrected chi connectivity index (χ1v) is 7.45. The number of amides is 1. The summed E-state index contributed by atoms with van der Waals surface area (Å²) in [7, 11) is 0. The second kappa shape index (κ2) is 6.39. The molecule has 1 aliphatic heterocycles. The predicted octanol–water partition coefficient (Wildman–Crippen LogP) is 2.11. The lowest BCUT2D eigenvalue weighted by molar-refractivity contribution is 0.0999. The average molecular weight is 326 g/mol. The topological polar surface area (TPSA) is 72.3 Å². The number of primary amides is 1. The lowest BCUT2D eigenvalue weighted by atomic mass is 9.94. The Labute approximate surface area is 122 Å². The van der Waals surface area contributed by atoms with Gasteiger partial charge < -0.3 is 16.4 Å². The number of halogens is 1. The maximum Gasteiger partial charge on any atom is 0.249 e. The van der Waals surface area contributed by atoms with Crippen LogP contribution in [0.5, 0.6) is 0 Å². The standard InChI is InChI=1S/C14H20BrN3O/c15-13-8-11(3-4-12(13)14(17)19)18-7-1-2-10(9-18)5-6-16/h3-4,8,10H,1-2,5-7,9,16H2,(H2,17,19). The van der Waals surface area contributed by atoms with E-state index in [0.29, 0.717) is 11.5 Å². The highest BCUT2D eigenvalue weighted by atomic mass is 79.9. The Bertz CT molecular complexity index is 462. The van der Waals surface area contributed by atoms with Gasteiger partial charge in [0.1, 0.15) is 0 Å². The SMILES string of the molecule is NCCC1CCCN(c2ccc(C(N)=O)c(Br)c2)C1. The van der Waals surface area contributed by atoms with Gasteiger partial charge in [0.05, 0.1) is 5.56 Å². The molecule has 2 rings (SSSR count). The molecule has 5 heteroatoms. The summed E-state index contributed by atoms with van der Waals surface area (Å²) in [6.45, 7) is 2.85. The third-order valence-corrected chi connectivity index (χ3v) is 4.33. The Morgan fingerprint density at radius 3 is 2.89 bits per heavy atom. The third-order valence-electron chi connectivity index (χ3n) is 3.68. The molecule has 4 N–H and O–H groups in total. The van der Waals surface area contributed by atoms with Crippen molar-refractivity contribution in [1.29, 1.82) is 0 Å². The van der Waals surface area contributed by atoms with Crippen molar-refractivity contribution in [2.24, 2.45) is 17.4 Å². The summed E-state index contributed by atoms with van der Waals surface area (Å²) in [4.78, 5) is 13.6. The van der Waals surface area contributed by atoms with E-state index in [0.717, 1.165) is 36.2 Å². The van der Waals surface area contributed by atoms with E-state index in [1.165, 1.54) is 12.8 Å². The average Bonchev–Trinajstić information content (AvgIpc) is 2.39. The van der Waals surface area contributed by atoms with Gasteiger partial charge in [-0.15, -0.1) is 0 Å². The summed E-state index contributed by atoms with van der Waals surface area (Å²) in [5.41, 5.74) is 12.6. The summed E-state index contributed by atoms with van der Waals surface area (Å²) >= 11 is 3.41. The van der Waals surface area contributed by atoms with Gasteiger partial charge in [-0.2, -0.15) is 0 Å². The number of carbonyl (C=O) groups is 1. The minimum atomic E-state index is -0.405. The molecule has 0 aliphatic carbocycles. The lowest BCUT2D eigenvalue weighted by Crippen LogP contribution is -2.36. The summed E-state index contributed by atoms with van der Waals surface area (Å²) in [6, 6.07) is 5.73. The number of hydrogen-bond acceptors (Lipinski definition) is 3. The summed E-state index contributed by atoms with van der Waals surface area (Å²) in [6.07, 6.45) is 3.53. The molecule has 1 atom stereocenters. The van der Waals surface area contributed by atoms with Crippen LogP contribution in [-0.4, -0.2) is 25.5 Å². The smallest absolute Gasteiger partial charge is 0.249 e. The number of piperidine rings is 1. The van der Waals surface area contributed by atoms with Gasteiger partial charge in [-0.25, -0.2) is 0 Å². The number of benzene rings is 1. The van der Waals surface area contributed by atoms with Crippen molar-refractivity contribution in [3.63, 3.8) is 0 Å². The van der Waals surface area contributed by atoms with Gasteiger partial charge in [-0.3, -0.25) is 4.79 Å². The molecule has 0 saturated carbocycles. The van der Waals surface area contributed by atoms with Crippen LogP contribution < -0.4 is 16.4 Å². The van der Waals surface area contributed by atoms with Crippen molar-refractivity contribution in [3.8, 4) is 0 Å². The normalized spacial score (nSPS) is 19.5. The molecule has 0 bridgehead atoms. The van der Waals surface area contributed by atoms with E-state index in [1.54, 1.807) is 6.07 Å². The molecule has 19 heavy (non-hydrogen) atoms. The van der Waals surface area contributed by atoms with E-state index >= 15 is 0 Å². The molecule has 104 valence electrons. The number of carbonyl (C=O) groups excluding carboxylic acids is 1. The predicted molar refractivity (Wildman–Crippen MR) is 81.3 cm³/mol. The molecule has 0 aromatic heterocycles. The number of nitrogens with two attached hydrogens (primary N) is 2. The summed E-state index contributed by atoms with van der Waals surface area (Å²) < 4.78 is 0.762. The van der Waals surface area contributed by atoms with E-state index in [9.17, 15) is 4.79 Å². The van der Waals surface area contributed by atoms with Crippen molar-refractivity contribution in [2.45, 2.75) is 19.3 Å². The molecule has 1 fully saturated rings. The number of rotatable bonds is 4. The van der Waals surface area contributed by atoms with Crippen molar-refractivity contribution in [3.05, 3.63) is 28.2 Å². The monoisotopic (exact) mass is 325 g/mol. The van der Waals surface area contributed by atoms with Crippen LogP contribution in [0.2, 0.25) is 0 Å². The van der Waals surface area contributed by atoms with Crippen LogP contribution in [0.4, 0.5) is 5.69 Å². The van der Waals surface area contributed by atoms with Gasteiger partial charge in [-0.05, 0) is 65.9 Å². The minimum absolute atomic E-state index is 0.405. The van der Waals surface area contributed by atoms with E-state index in [4.69, 9.17) is 11.5 Å². The van der Waals surface area contributed by atoms with Crippen LogP contribution >= 0.6 is 15.9 Å². The molecule has 1 heterocycles. The van der Waals surface area contributed by atoms with Gasteiger partial charge in [0.15, 0.2) is 0 Å². The van der Waals surface area contributed by atoms with Crippen LogP contribution in [0.25, 0.3) is 0 Å². The van der Waals surface area contributed by atoms with Gasteiger partial charge >= 0.3 is 0 Å². The highest BCUT2D eigenvalue weighted by Gasteiger charge is 2.20. The molecular weight excluding hydrogens is 306 g/mol. The molecule has 4 nitrogen and oxygen atoms in total. The van der Waals surface area contributed by atoms with E-state index in [1.807, 2.05) is 12.1 Å². The zero-order valence-electron chi connectivity index (χ0n) is 10.9. The first kappa shape index (κ1) is 14.3. The first-order valence-electron chi connectivity index (χ1n) is 6.66. The zero-order valence-corrected chi connectivity index (χ0v) is 12.5. The van der Waals surface area contributed by atoms with Gasteiger partial charge in [0.2, 0.25) is 5.91 Å². The van der Waals surface area contributed by atoms with Crippen molar-refractivity contribution >= 4 is 27.5 Å². The van der Waals surface area contributed by atoms with E-state index in [2.05, 4.69) is 20.8 Å². The van der Waals surface area contributed by atoms with E-state index < -0.39 is 5.91 Å². The molecule has 0 spiro atoms. The summed E-state index contributed by atoms with van der Waals surface area (Å²) in [5.74, 6) is 0.270. The van der Waals surface area contributed by atoms with Crippen LogP contribution in [0.15, 0.2) is 22.7 Å². The fraction of sp³-hybridized carbons (Fsp3) is 0.500. The Morgan fingerprint density at radius 1 is 1.47 bits per heavy atom. The maximum atomic E-state index is 11.2. The highest BCUT2D eigenvalue weighted by Crippen LogP contribution is 2.28. The van der Waals surface area contributed by atoms with Crippen molar-refractivity contribution in [2.75, 3.05) is 24.5 Å². The Balaban J connectivity index is 2.13. The fourth-order valence-electron chi connectivity index (χ4n) is 2.67. The van der Waals surface area contributed by atoms with Crippen molar-refractivity contribution < 1.29 is 4.79 Å².